The number of halogens is 2. The predicted octanol–water partition coefficient (Wildman–Crippen LogP) is 4.29. The lowest BCUT2D eigenvalue weighted by molar-refractivity contribution is -0.885. The number of rotatable bonds is 5. The summed E-state index contributed by atoms with van der Waals surface area (Å²) < 4.78 is 10.6. The molecule has 0 bridgehead atoms. The van der Waals surface area contributed by atoms with Crippen molar-refractivity contribution >= 4 is 47.0 Å². The van der Waals surface area contributed by atoms with Gasteiger partial charge in [-0.1, -0.05) is 77.8 Å². The van der Waals surface area contributed by atoms with Crippen LogP contribution in [0.1, 0.15) is 39.0 Å². The number of hydrogen-bond donors (Lipinski definition) is 1. The summed E-state index contributed by atoms with van der Waals surface area (Å²) in [5.74, 6) is -2.78. The van der Waals surface area contributed by atoms with Crippen molar-refractivity contribution in [2.45, 2.75) is 18.0 Å². The Morgan fingerprint density at radius 2 is 1.51 bits per heavy atom. The molecule has 1 fully saturated rings. The Balaban J connectivity index is 1.85. The van der Waals surface area contributed by atoms with Gasteiger partial charge in [0, 0.05) is 16.1 Å². The number of carbonyl (C=O) groups is 3. The first-order chi connectivity index (χ1) is 17.9. The van der Waals surface area contributed by atoms with Gasteiger partial charge in [0.05, 0.1) is 31.4 Å². The molecular weight excluding hydrogens is 513 g/mol. The second-order valence-corrected chi connectivity index (χ2v) is 9.95. The molecule has 1 N–H and O–H groups in total. The Hall–Kier alpha value is -3.45. The van der Waals surface area contributed by atoms with Crippen LogP contribution in [0, 0.1) is 5.41 Å². The predicted molar refractivity (Wildman–Crippen MR) is 139 cm³/mol. The molecule has 0 radical (unpaired) electrons. The summed E-state index contributed by atoms with van der Waals surface area (Å²) in [5.41, 5.74) is 0.614. The smallest absolute Gasteiger partial charge is 0.330 e. The van der Waals surface area contributed by atoms with Crippen LogP contribution in [0.25, 0.3) is 6.08 Å². The molecule has 0 spiro atoms. The highest BCUT2D eigenvalue weighted by Crippen LogP contribution is 2.54. The third-order valence-corrected chi connectivity index (χ3v) is 7.97. The van der Waals surface area contributed by atoms with Gasteiger partial charge in [-0.15, -0.1) is 0 Å². The molecule has 37 heavy (non-hydrogen) atoms. The van der Waals surface area contributed by atoms with Gasteiger partial charge >= 0.3 is 11.9 Å². The number of fused-ring (bicyclic) bond motifs is 3. The lowest BCUT2D eigenvalue weighted by Crippen LogP contribution is -3.12. The Kier molecular flexibility index (Phi) is 6.67. The van der Waals surface area contributed by atoms with Crippen molar-refractivity contribution in [2.75, 3.05) is 14.2 Å². The van der Waals surface area contributed by atoms with Crippen molar-refractivity contribution in [3.63, 3.8) is 0 Å². The fraction of sp³-hybridized carbons (Fsp3) is 0.207. The normalized spacial score (nSPS) is 23.0. The first-order valence-corrected chi connectivity index (χ1v) is 12.5. The van der Waals surface area contributed by atoms with Gasteiger partial charge in [0.1, 0.15) is 6.04 Å². The highest BCUT2D eigenvalue weighted by atomic mass is 35.5. The Labute approximate surface area is 224 Å². The maximum absolute atomic E-state index is 14.4. The van der Waals surface area contributed by atoms with Crippen molar-refractivity contribution in [3.8, 4) is 0 Å². The summed E-state index contributed by atoms with van der Waals surface area (Å²) >= 11 is 12.6. The number of quaternary nitrogens is 1. The van der Waals surface area contributed by atoms with E-state index in [-0.39, 0.29) is 16.4 Å². The van der Waals surface area contributed by atoms with Crippen LogP contribution in [0.4, 0.5) is 0 Å². The standard InChI is InChI=1S/C29H23Cl2NO5/c1-36-27(34)29(28(35)37-2)23(18-9-4-3-5-10-18)24(25(33)21-13-12-19(30)16-22(21)31)32-15-14-17-8-6-7-11-20(17)26(29)32/h3-16,23-24,26H,1-2H3/p+1/t23-,24-,26+/m0/s1. The van der Waals surface area contributed by atoms with E-state index in [2.05, 4.69) is 0 Å². The molecule has 4 atom stereocenters. The molecular formula is C29H24Cl2NO5+. The van der Waals surface area contributed by atoms with E-state index in [0.717, 1.165) is 11.1 Å². The Bertz CT molecular complexity index is 1400. The summed E-state index contributed by atoms with van der Waals surface area (Å²) in [5, 5.41) is 0.582. The van der Waals surface area contributed by atoms with Crippen molar-refractivity contribution in [1.82, 2.24) is 0 Å². The van der Waals surface area contributed by atoms with Crippen molar-refractivity contribution in [1.29, 1.82) is 0 Å². The second kappa shape index (κ2) is 9.78. The molecule has 3 aromatic carbocycles. The molecule has 6 nitrogen and oxygen atoms in total. The minimum absolute atomic E-state index is 0.190. The highest BCUT2D eigenvalue weighted by Gasteiger charge is 2.75. The highest BCUT2D eigenvalue weighted by molar-refractivity contribution is 6.37. The largest absolute Gasteiger partial charge is 0.468 e. The summed E-state index contributed by atoms with van der Waals surface area (Å²) in [4.78, 5) is 42.7. The van der Waals surface area contributed by atoms with Gasteiger partial charge in [-0.2, -0.15) is 0 Å². The van der Waals surface area contributed by atoms with Gasteiger partial charge in [-0.3, -0.25) is 19.3 Å². The van der Waals surface area contributed by atoms with Gasteiger partial charge < -0.3 is 9.47 Å². The summed E-state index contributed by atoms with van der Waals surface area (Å²) in [6.07, 6.45) is 3.74. The van der Waals surface area contributed by atoms with Gasteiger partial charge in [0.25, 0.3) is 0 Å². The van der Waals surface area contributed by atoms with E-state index in [4.69, 9.17) is 32.7 Å². The maximum Gasteiger partial charge on any atom is 0.330 e. The molecule has 0 amide bonds. The van der Waals surface area contributed by atoms with E-state index in [1.165, 1.54) is 20.3 Å². The van der Waals surface area contributed by atoms with E-state index < -0.39 is 35.4 Å². The Morgan fingerprint density at radius 3 is 2.16 bits per heavy atom. The van der Waals surface area contributed by atoms with E-state index >= 15 is 0 Å². The molecule has 5 rings (SSSR count). The molecule has 0 saturated carbocycles. The van der Waals surface area contributed by atoms with Crippen molar-refractivity contribution in [2.24, 2.45) is 5.41 Å². The first kappa shape index (κ1) is 25.2. The number of carbonyl (C=O) groups excluding carboxylic acids is 3. The molecule has 188 valence electrons. The molecule has 1 saturated heterocycles. The van der Waals surface area contributed by atoms with Crippen LogP contribution in [0.2, 0.25) is 10.0 Å². The van der Waals surface area contributed by atoms with E-state index in [9.17, 15) is 14.4 Å². The van der Waals surface area contributed by atoms with Gasteiger partial charge in [-0.05, 0) is 35.4 Å². The molecule has 1 unspecified atom stereocenters. The fourth-order valence-electron chi connectivity index (χ4n) is 6.00. The molecule has 0 aromatic heterocycles. The summed E-state index contributed by atoms with van der Waals surface area (Å²) in [6, 6.07) is 19.5. The average molecular weight is 537 g/mol. The molecule has 0 aliphatic carbocycles. The number of Topliss-reactive ketones (excluding diaryl/α,β-unsaturated/α-hetero) is 1. The zero-order chi connectivity index (χ0) is 26.3. The fourth-order valence-corrected chi connectivity index (χ4v) is 6.50. The first-order valence-electron chi connectivity index (χ1n) is 11.7. The van der Waals surface area contributed by atoms with Crippen LogP contribution in [0.3, 0.4) is 0 Å². The third kappa shape index (κ3) is 3.79. The van der Waals surface area contributed by atoms with E-state index in [1.54, 1.807) is 12.1 Å². The van der Waals surface area contributed by atoms with Crippen LogP contribution in [-0.4, -0.2) is 38.0 Å². The Morgan fingerprint density at radius 1 is 0.865 bits per heavy atom. The minimum atomic E-state index is -1.86. The molecule has 2 aliphatic heterocycles. The van der Waals surface area contributed by atoms with Crippen LogP contribution in [0.5, 0.6) is 0 Å². The molecule has 2 aliphatic rings. The number of ketones is 1. The van der Waals surface area contributed by atoms with Crippen LogP contribution < -0.4 is 4.90 Å². The minimum Gasteiger partial charge on any atom is -0.468 e. The molecule has 3 aromatic rings. The average Bonchev–Trinajstić information content (AvgIpc) is 3.24. The number of hydrogen-bond acceptors (Lipinski definition) is 5. The van der Waals surface area contributed by atoms with E-state index in [0.29, 0.717) is 15.5 Å². The van der Waals surface area contributed by atoms with Crippen molar-refractivity contribution in [3.05, 3.63) is 111 Å². The molecule has 2 heterocycles. The van der Waals surface area contributed by atoms with Crippen LogP contribution in [-0.2, 0) is 19.1 Å². The SMILES string of the molecule is COC(=O)C1(C(=O)OC)[C@@H](c2ccccc2)[C@@H](C(=O)c2ccc(Cl)cc2Cl)[NH+]2C=Cc3ccccc3[C@@H]21. The van der Waals surface area contributed by atoms with Gasteiger partial charge in [0.2, 0.25) is 11.2 Å². The number of benzene rings is 3. The van der Waals surface area contributed by atoms with Crippen molar-refractivity contribution < 1.29 is 28.8 Å². The summed E-state index contributed by atoms with van der Waals surface area (Å²) in [6.45, 7) is 0. The van der Waals surface area contributed by atoms with Gasteiger partial charge in [-0.25, -0.2) is 0 Å². The lowest BCUT2D eigenvalue weighted by Gasteiger charge is -2.34. The maximum atomic E-state index is 14.4. The summed E-state index contributed by atoms with van der Waals surface area (Å²) in [7, 11) is 2.48. The number of ether oxygens (including phenoxy) is 2. The quantitative estimate of drug-likeness (QED) is 0.299. The zero-order valence-electron chi connectivity index (χ0n) is 20.1. The monoisotopic (exact) mass is 536 g/mol. The van der Waals surface area contributed by atoms with Gasteiger partial charge in [0.15, 0.2) is 6.04 Å². The zero-order valence-corrected chi connectivity index (χ0v) is 21.6. The second-order valence-electron chi connectivity index (χ2n) is 9.10. The third-order valence-electron chi connectivity index (χ3n) is 7.42. The molecule has 8 heteroatoms. The topological polar surface area (TPSA) is 74.1 Å². The van der Waals surface area contributed by atoms with Crippen LogP contribution >= 0.6 is 23.2 Å². The number of esters is 2. The number of nitrogens with one attached hydrogen (secondary N) is 1. The number of methoxy groups -OCH3 is 2. The van der Waals surface area contributed by atoms with E-state index in [1.807, 2.05) is 66.9 Å². The van der Waals surface area contributed by atoms with Crippen LogP contribution in [0.15, 0.2) is 79.0 Å². The lowest BCUT2D eigenvalue weighted by atomic mass is 9.65.